The first-order valence-electron chi connectivity index (χ1n) is 13.8. The summed E-state index contributed by atoms with van der Waals surface area (Å²) in [6.45, 7) is 0.637. The third-order valence-electron chi connectivity index (χ3n) is 8.45. The fourth-order valence-electron chi connectivity index (χ4n) is 6.29. The van der Waals surface area contributed by atoms with Crippen molar-refractivity contribution in [3.63, 3.8) is 0 Å². The Morgan fingerprint density at radius 3 is 2.49 bits per heavy atom. The first-order valence-corrected chi connectivity index (χ1v) is 14.6. The van der Waals surface area contributed by atoms with Crippen LogP contribution in [0.3, 0.4) is 0 Å². The van der Waals surface area contributed by atoms with E-state index < -0.39 is 5.97 Å². The number of halogens is 2. The molecule has 0 radical (unpaired) electrons. The third kappa shape index (κ3) is 4.70. The van der Waals surface area contributed by atoms with Crippen LogP contribution in [0.2, 0.25) is 10.0 Å². The summed E-state index contributed by atoms with van der Waals surface area (Å²) in [5.74, 6) is 2.14. The van der Waals surface area contributed by atoms with Gasteiger partial charge in [0.1, 0.15) is 11.5 Å². The monoisotopic (exact) mass is 593 g/mol. The highest BCUT2D eigenvalue weighted by Gasteiger charge is 2.47. The summed E-state index contributed by atoms with van der Waals surface area (Å²) in [6, 6.07) is 11.7. The molecule has 2 aliphatic heterocycles. The lowest BCUT2D eigenvalue weighted by molar-refractivity contribution is 0.0601. The highest BCUT2D eigenvalue weighted by atomic mass is 35.5. The van der Waals surface area contributed by atoms with Gasteiger partial charge in [-0.05, 0) is 62.4 Å². The van der Waals surface area contributed by atoms with E-state index in [0.29, 0.717) is 63.1 Å². The van der Waals surface area contributed by atoms with Gasteiger partial charge < -0.3 is 24.2 Å². The van der Waals surface area contributed by atoms with Gasteiger partial charge in [-0.2, -0.15) is 0 Å². The summed E-state index contributed by atoms with van der Waals surface area (Å²) in [5, 5.41) is 9.34. The lowest BCUT2D eigenvalue weighted by Crippen LogP contribution is -2.64. The van der Waals surface area contributed by atoms with Crippen molar-refractivity contribution in [2.45, 2.75) is 62.7 Å². The van der Waals surface area contributed by atoms with Crippen molar-refractivity contribution < 1.29 is 18.8 Å². The first-order chi connectivity index (χ1) is 19.9. The van der Waals surface area contributed by atoms with Crippen molar-refractivity contribution in [2.24, 2.45) is 0 Å². The predicted octanol–water partition coefficient (Wildman–Crippen LogP) is 6.16. The maximum absolute atomic E-state index is 12.0. The molecular weight excluding hydrogens is 565 g/mol. The van der Waals surface area contributed by atoms with Crippen LogP contribution < -0.4 is 15.0 Å². The first kappa shape index (κ1) is 26.5. The van der Waals surface area contributed by atoms with E-state index in [1.807, 2.05) is 18.2 Å². The molecule has 2 aromatic carbocycles. The largest absolute Gasteiger partial charge is 0.478 e. The van der Waals surface area contributed by atoms with Crippen LogP contribution in [0.4, 0.5) is 5.82 Å². The molecule has 2 bridgehead atoms. The molecule has 11 heteroatoms. The zero-order chi connectivity index (χ0) is 28.2. The van der Waals surface area contributed by atoms with Crippen molar-refractivity contribution in [3.05, 3.63) is 63.3 Å². The molecule has 0 spiro atoms. The number of rotatable bonds is 8. The number of piperidine rings is 1. The number of aromatic nitrogens is 3. The molecule has 4 heterocycles. The highest BCUT2D eigenvalue weighted by molar-refractivity contribution is 6.39. The molecule has 2 unspecified atom stereocenters. The van der Waals surface area contributed by atoms with Gasteiger partial charge in [0.25, 0.3) is 5.88 Å². The second-order valence-electron chi connectivity index (χ2n) is 11.0. The Kier molecular flexibility index (Phi) is 6.76. The lowest BCUT2D eigenvalue weighted by atomic mass is 9.76. The second-order valence-corrected chi connectivity index (χ2v) is 11.8. The molecule has 4 fully saturated rings. The number of hydrogen-bond donors (Lipinski definition) is 1. The molecule has 0 amide bonds. The number of methoxy groups -OCH3 is 2. The molecule has 2 saturated carbocycles. The zero-order valence-electron chi connectivity index (χ0n) is 22.7. The number of nitrogens with one attached hydrogen (secondary N) is 1. The Balaban J connectivity index is 1.09. The zero-order valence-corrected chi connectivity index (χ0v) is 24.2. The Morgan fingerprint density at radius 1 is 1.05 bits per heavy atom. The van der Waals surface area contributed by atoms with Gasteiger partial charge in [0.05, 0.1) is 40.9 Å². The Morgan fingerprint density at radius 2 is 1.80 bits per heavy atom. The summed E-state index contributed by atoms with van der Waals surface area (Å²) in [5.41, 5.74) is 4.22. The average molecular weight is 594 g/mol. The van der Waals surface area contributed by atoms with Gasteiger partial charge in [-0.15, -0.1) is 0 Å². The summed E-state index contributed by atoms with van der Waals surface area (Å²) < 4.78 is 16.3. The number of benzene rings is 2. The molecule has 2 atom stereocenters. The average Bonchev–Trinajstić information content (AvgIpc) is 3.74. The summed E-state index contributed by atoms with van der Waals surface area (Å²) >= 11 is 13.1. The van der Waals surface area contributed by atoms with Crippen molar-refractivity contribution >= 4 is 46.0 Å². The van der Waals surface area contributed by atoms with E-state index in [1.54, 1.807) is 25.3 Å². The lowest BCUT2D eigenvalue weighted by Gasteiger charge is -2.56. The quantitative estimate of drug-likeness (QED) is 0.240. The maximum Gasteiger partial charge on any atom is 0.337 e. The van der Waals surface area contributed by atoms with Crippen LogP contribution >= 0.6 is 23.2 Å². The normalized spacial score (nSPS) is 21.6. The second kappa shape index (κ2) is 10.5. The van der Waals surface area contributed by atoms with E-state index in [0.717, 1.165) is 60.5 Å². The van der Waals surface area contributed by atoms with Crippen LogP contribution in [0, 0.1) is 0 Å². The summed E-state index contributed by atoms with van der Waals surface area (Å²) in [4.78, 5) is 23.9. The SMILES string of the molecule is COC(=O)c1ccc2nc(N3C4CC(NCc5c(-c6c(Cl)cccc6Cl)noc5C5CC5)CC3C4)c(OC)nc2c1. The number of carbonyl (C=O) groups excluding carboxylic acids is 1. The van der Waals surface area contributed by atoms with Crippen molar-refractivity contribution in [1.82, 2.24) is 20.4 Å². The molecule has 4 aliphatic rings. The molecule has 9 nitrogen and oxygen atoms in total. The Hall–Kier alpha value is -3.40. The maximum atomic E-state index is 12.0. The fourth-order valence-corrected chi connectivity index (χ4v) is 6.87. The van der Waals surface area contributed by atoms with Crippen LogP contribution in [0.15, 0.2) is 40.9 Å². The number of fused-ring (bicyclic) bond motifs is 3. The van der Waals surface area contributed by atoms with Crippen LogP contribution in [0.25, 0.3) is 22.3 Å². The Labute approximate surface area is 247 Å². The van der Waals surface area contributed by atoms with Gasteiger partial charge in [0.2, 0.25) is 0 Å². The molecule has 41 heavy (non-hydrogen) atoms. The highest BCUT2D eigenvalue weighted by Crippen LogP contribution is 2.47. The van der Waals surface area contributed by atoms with E-state index >= 15 is 0 Å². The van der Waals surface area contributed by atoms with E-state index in [-0.39, 0.29) is 0 Å². The number of ether oxygens (including phenoxy) is 2. The van der Waals surface area contributed by atoms with Gasteiger partial charge in [-0.1, -0.05) is 34.4 Å². The Bertz CT molecular complexity index is 1620. The summed E-state index contributed by atoms with van der Waals surface area (Å²) in [7, 11) is 2.96. The van der Waals surface area contributed by atoms with E-state index in [2.05, 4.69) is 20.4 Å². The van der Waals surface area contributed by atoms with Gasteiger partial charge in [-0.25, -0.2) is 14.8 Å². The molecule has 212 valence electrons. The fraction of sp³-hybridized carbons (Fsp3) is 0.400. The topological polar surface area (TPSA) is 103 Å². The molecule has 8 rings (SSSR count). The van der Waals surface area contributed by atoms with E-state index in [1.165, 1.54) is 7.11 Å². The van der Waals surface area contributed by atoms with Crippen molar-refractivity contribution in [2.75, 3.05) is 19.1 Å². The number of nitrogens with zero attached hydrogens (tertiary/aromatic N) is 4. The minimum absolute atomic E-state index is 0.323. The number of anilines is 1. The van der Waals surface area contributed by atoms with Crippen LogP contribution in [0.1, 0.15) is 59.7 Å². The van der Waals surface area contributed by atoms with Crippen LogP contribution in [-0.4, -0.2) is 53.4 Å². The minimum atomic E-state index is -0.412. The molecule has 4 aromatic rings. The van der Waals surface area contributed by atoms with Gasteiger partial charge in [-0.3, -0.25) is 0 Å². The molecule has 1 N–H and O–H groups in total. The number of hydrogen-bond acceptors (Lipinski definition) is 9. The molecule has 2 saturated heterocycles. The third-order valence-corrected chi connectivity index (χ3v) is 9.08. The standard InChI is InChI=1S/C30H29Cl2N5O4/c1-39-29-28(34-23-9-8-16(30(38)40-2)10-24(23)35-29)37-18-11-17(12-19(37)13-18)33-14-20-26(36-41-27(20)15-6-7-15)25-21(31)4-3-5-22(25)32/h3-5,8-10,15,17-19,33H,6-7,11-14H2,1-2H3. The van der Waals surface area contributed by atoms with Crippen molar-refractivity contribution in [3.8, 4) is 17.1 Å². The van der Waals surface area contributed by atoms with Crippen LogP contribution in [-0.2, 0) is 11.3 Å². The van der Waals surface area contributed by atoms with E-state index in [4.69, 9.17) is 42.2 Å². The molecule has 2 aliphatic carbocycles. The van der Waals surface area contributed by atoms with Gasteiger partial charge >= 0.3 is 5.97 Å². The number of esters is 1. The van der Waals surface area contributed by atoms with Crippen molar-refractivity contribution in [1.29, 1.82) is 0 Å². The molecular formula is C30H29Cl2N5O4. The van der Waals surface area contributed by atoms with Crippen LogP contribution in [0.5, 0.6) is 5.88 Å². The molecule has 2 aromatic heterocycles. The minimum Gasteiger partial charge on any atom is -0.478 e. The smallest absolute Gasteiger partial charge is 0.337 e. The number of carbonyl (C=O) groups is 1. The van der Waals surface area contributed by atoms with Gasteiger partial charge in [0.15, 0.2) is 5.82 Å². The van der Waals surface area contributed by atoms with E-state index in [9.17, 15) is 4.79 Å². The van der Waals surface area contributed by atoms with Gasteiger partial charge in [0, 0.05) is 41.7 Å². The summed E-state index contributed by atoms with van der Waals surface area (Å²) in [6.07, 6.45) is 5.25. The predicted molar refractivity (Wildman–Crippen MR) is 156 cm³/mol.